The van der Waals surface area contributed by atoms with Crippen LogP contribution in [-0.4, -0.2) is 54.9 Å². The van der Waals surface area contributed by atoms with Gasteiger partial charge in [0.1, 0.15) is 23.1 Å². The Morgan fingerprint density at radius 2 is 1.59 bits per heavy atom. The van der Waals surface area contributed by atoms with Crippen LogP contribution in [0.4, 0.5) is 14.5 Å². The Balaban J connectivity index is 1.50. The molecule has 0 spiro atoms. The number of nitrogens with zero attached hydrogens (tertiary/aromatic N) is 4. The van der Waals surface area contributed by atoms with Crippen molar-refractivity contribution >= 4 is 27.3 Å². The maximum absolute atomic E-state index is 14.2. The van der Waals surface area contributed by atoms with Crippen molar-refractivity contribution in [2.75, 3.05) is 37.3 Å². The summed E-state index contributed by atoms with van der Waals surface area (Å²) in [7, 11) is -3.34. The van der Waals surface area contributed by atoms with E-state index in [1.807, 2.05) is 4.90 Å². The molecule has 1 saturated heterocycles. The Bertz CT molecular complexity index is 1670. The molecule has 0 bridgehead atoms. The molecule has 0 atom stereocenters. The minimum absolute atomic E-state index is 0.00605. The van der Waals surface area contributed by atoms with Crippen molar-refractivity contribution in [2.45, 2.75) is 0 Å². The van der Waals surface area contributed by atoms with Crippen molar-refractivity contribution in [1.82, 2.24) is 14.1 Å². The van der Waals surface area contributed by atoms with Crippen LogP contribution < -0.4 is 15.2 Å². The standard InChI is InChI=1S/C27H23ClF2N4O4S/c1-39(36,37)33-14-12-32(13-15-33)25-17-31-34(21-7-4-19(28)5-8-21)27(35)26(25)38-22-9-2-18(3-10-22)23-11-6-20(29)16-24(23)30/h2-11,16-17H,12-15H2,1H3. The maximum atomic E-state index is 14.2. The molecular formula is C27H23ClF2N4O4S. The molecule has 39 heavy (non-hydrogen) atoms. The lowest BCUT2D eigenvalue weighted by atomic mass is 10.1. The summed E-state index contributed by atoms with van der Waals surface area (Å²) in [4.78, 5) is 15.5. The zero-order valence-corrected chi connectivity index (χ0v) is 22.3. The second-order valence-electron chi connectivity index (χ2n) is 8.95. The van der Waals surface area contributed by atoms with Gasteiger partial charge in [0.05, 0.1) is 18.1 Å². The van der Waals surface area contributed by atoms with Gasteiger partial charge < -0.3 is 9.64 Å². The number of hydrogen-bond acceptors (Lipinski definition) is 6. The minimum atomic E-state index is -3.34. The summed E-state index contributed by atoms with van der Waals surface area (Å²) in [6.07, 6.45) is 2.66. The molecule has 5 rings (SSSR count). The summed E-state index contributed by atoms with van der Waals surface area (Å²) in [6, 6.07) is 16.3. The number of halogens is 3. The SMILES string of the molecule is CS(=O)(=O)N1CCN(c2cnn(-c3ccc(Cl)cc3)c(=O)c2Oc2ccc(-c3ccc(F)cc3F)cc2)CC1. The van der Waals surface area contributed by atoms with Crippen LogP contribution in [0.25, 0.3) is 16.8 Å². The molecule has 0 radical (unpaired) electrons. The molecule has 1 aromatic heterocycles. The Labute approximate surface area is 228 Å². The van der Waals surface area contributed by atoms with E-state index in [0.29, 0.717) is 40.8 Å². The maximum Gasteiger partial charge on any atom is 0.316 e. The van der Waals surface area contributed by atoms with E-state index in [0.717, 1.165) is 12.3 Å². The highest BCUT2D eigenvalue weighted by Gasteiger charge is 2.27. The first-order chi connectivity index (χ1) is 18.6. The van der Waals surface area contributed by atoms with E-state index >= 15 is 0 Å². The second-order valence-corrected chi connectivity index (χ2v) is 11.4. The fraction of sp³-hybridized carbons (Fsp3) is 0.185. The van der Waals surface area contributed by atoms with Crippen LogP contribution in [0.1, 0.15) is 0 Å². The quantitative estimate of drug-likeness (QED) is 0.333. The van der Waals surface area contributed by atoms with Gasteiger partial charge in [-0.15, -0.1) is 0 Å². The molecule has 2 heterocycles. The molecule has 12 heteroatoms. The van der Waals surface area contributed by atoms with E-state index in [2.05, 4.69) is 5.10 Å². The predicted octanol–water partition coefficient (Wildman–Crippen LogP) is 4.71. The topological polar surface area (TPSA) is 84.7 Å². The molecule has 8 nitrogen and oxygen atoms in total. The van der Waals surface area contributed by atoms with Gasteiger partial charge in [-0.25, -0.2) is 17.2 Å². The highest BCUT2D eigenvalue weighted by molar-refractivity contribution is 7.88. The molecule has 1 aliphatic heterocycles. The van der Waals surface area contributed by atoms with Gasteiger partial charge in [-0.1, -0.05) is 23.7 Å². The van der Waals surface area contributed by atoms with E-state index in [1.54, 1.807) is 48.5 Å². The van der Waals surface area contributed by atoms with E-state index < -0.39 is 27.2 Å². The van der Waals surface area contributed by atoms with Gasteiger partial charge in [0, 0.05) is 42.8 Å². The Hall–Kier alpha value is -3.80. The molecule has 3 aromatic carbocycles. The lowest BCUT2D eigenvalue weighted by Gasteiger charge is -2.35. The van der Waals surface area contributed by atoms with Gasteiger partial charge in [0.25, 0.3) is 0 Å². The number of piperazine rings is 1. The third kappa shape index (κ3) is 5.80. The number of benzene rings is 3. The lowest BCUT2D eigenvalue weighted by Crippen LogP contribution is -2.48. The van der Waals surface area contributed by atoms with Gasteiger partial charge in [-0.2, -0.15) is 14.1 Å². The first-order valence-corrected chi connectivity index (χ1v) is 14.1. The normalized spacial score (nSPS) is 14.4. The van der Waals surface area contributed by atoms with Crippen LogP contribution >= 0.6 is 11.6 Å². The number of ether oxygens (including phenoxy) is 1. The average molecular weight is 573 g/mol. The molecule has 1 fully saturated rings. The zero-order chi connectivity index (χ0) is 27.7. The van der Waals surface area contributed by atoms with E-state index in [-0.39, 0.29) is 24.4 Å². The monoisotopic (exact) mass is 572 g/mol. The highest BCUT2D eigenvalue weighted by Crippen LogP contribution is 2.32. The fourth-order valence-corrected chi connectivity index (χ4v) is 5.27. The molecule has 202 valence electrons. The molecule has 0 unspecified atom stereocenters. The summed E-state index contributed by atoms with van der Waals surface area (Å²) in [5, 5.41) is 4.83. The Morgan fingerprint density at radius 3 is 2.21 bits per heavy atom. The van der Waals surface area contributed by atoms with E-state index in [1.165, 1.54) is 27.3 Å². The van der Waals surface area contributed by atoms with E-state index in [9.17, 15) is 22.0 Å². The summed E-state index contributed by atoms with van der Waals surface area (Å²) >= 11 is 5.99. The Kier molecular flexibility index (Phi) is 7.39. The van der Waals surface area contributed by atoms with Gasteiger partial charge in [-0.3, -0.25) is 4.79 Å². The number of aromatic nitrogens is 2. The third-order valence-electron chi connectivity index (χ3n) is 6.35. The van der Waals surface area contributed by atoms with Crippen molar-refractivity contribution in [2.24, 2.45) is 0 Å². The van der Waals surface area contributed by atoms with Crippen molar-refractivity contribution < 1.29 is 21.9 Å². The highest BCUT2D eigenvalue weighted by atomic mass is 35.5. The van der Waals surface area contributed by atoms with Gasteiger partial charge in [0.15, 0.2) is 0 Å². The van der Waals surface area contributed by atoms with Crippen molar-refractivity contribution in [3.63, 3.8) is 0 Å². The van der Waals surface area contributed by atoms with Crippen LogP contribution in [0.2, 0.25) is 5.02 Å². The molecular weight excluding hydrogens is 550 g/mol. The zero-order valence-electron chi connectivity index (χ0n) is 20.7. The van der Waals surface area contributed by atoms with Crippen molar-refractivity contribution in [3.8, 4) is 28.3 Å². The summed E-state index contributed by atoms with van der Waals surface area (Å²) in [5.41, 5.74) is 1.08. The first-order valence-electron chi connectivity index (χ1n) is 11.9. The largest absolute Gasteiger partial charge is 0.449 e. The van der Waals surface area contributed by atoms with Crippen LogP contribution in [-0.2, 0) is 10.0 Å². The summed E-state index contributed by atoms with van der Waals surface area (Å²) < 4.78 is 60.1. The van der Waals surface area contributed by atoms with Crippen LogP contribution in [0.15, 0.2) is 77.7 Å². The molecule has 0 saturated carbocycles. The number of hydrogen-bond donors (Lipinski definition) is 0. The smallest absolute Gasteiger partial charge is 0.316 e. The van der Waals surface area contributed by atoms with Gasteiger partial charge >= 0.3 is 5.56 Å². The number of rotatable bonds is 6. The third-order valence-corrected chi connectivity index (χ3v) is 7.91. The van der Waals surface area contributed by atoms with Crippen LogP contribution in [0, 0.1) is 11.6 Å². The second kappa shape index (κ2) is 10.8. The average Bonchev–Trinajstić information content (AvgIpc) is 2.91. The van der Waals surface area contributed by atoms with E-state index in [4.69, 9.17) is 16.3 Å². The number of anilines is 1. The van der Waals surface area contributed by atoms with Gasteiger partial charge in [-0.05, 0) is 54.1 Å². The molecule has 0 amide bonds. The molecule has 0 aliphatic carbocycles. The van der Waals surface area contributed by atoms with Gasteiger partial charge in [0.2, 0.25) is 15.8 Å². The first kappa shape index (κ1) is 26.8. The Morgan fingerprint density at radius 1 is 0.923 bits per heavy atom. The minimum Gasteiger partial charge on any atom is -0.449 e. The van der Waals surface area contributed by atoms with Crippen molar-refractivity contribution in [1.29, 1.82) is 0 Å². The van der Waals surface area contributed by atoms with Crippen LogP contribution in [0.5, 0.6) is 11.5 Å². The summed E-state index contributed by atoms with van der Waals surface area (Å²) in [6.45, 7) is 1.16. The van der Waals surface area contributed by atoms with Crippen LogP contribution in [0.3, 0.4) is 0 Å². The molecule has 0 N–H and O–H groups in total. The fourth-order valence-electron chi connectivity index (χ4n) is 4.32. The molecule has 1 aliphatic rings. The summed E-state index contributed by atoms with van der Waals surface area (Å²) in [5.74, 6) is -1.06. The van der Waals surface area contributed by atoms with Crippen molar-refractivity contribution in [3.05, 3.63) is 99.9 Å². The number of sulfonamides is 1. The lowest BCUT2D eigenvalue weighted by molar-refractivity contribution is 0.384. The predicted molar refractivity (Wildman–Crippen MR) is 145 cm³/mol. The molecule has 4 aromatic rings.